The SMILES string of the molecule is ClC1=CC2NC(Cl)=CNC2C=C1. The topological polar surface area (TPSA) is 24.1 Å². The maximum Gasteiger partial charge on any atom is 0.118 e. The number of halogens is 2. The van der Waals surface area contributed by atoms with E-state index in [9.17, 15) is 0 Å². The minimum atomic E-state index is 0.167. The molecular formula is C8H8Cl2N2. The van der Waals surface area contributed by atoms with Gasteiger partial charge in [0.1, 0.15) is 5.16 Å². The molecule has 4 heteroatoms. The van der Waals surface area contributed by atoms with Gasteiger partial charge in [0.05, 0.1) is 12.1 Å². The van der Waals surface area contributed by atoms with Crippen molar-refractivity contribution < 1.29 is 0 Å². The van der Waals surface area contributed by atoms with E-state index in [1.54, 1.807) is 6.20 Å². The van der Waals surface area contributed by atoms with Gasteiger partial charge in [-0.15, -0.1) is 0 Å². The fourth-order valence-corrected chi connectivity index (χ4v) is 1.70. The summed E-state index contributed by atoms with van der Waals surface area (Å²) in [4.78, 5) is 0. The van der Waals surface area contributed by atoms with Gasteiger partial charge in [-0.1, -0.05) is 29.3 Å². The lowest BCUT2D eigenvalue weighted by atomic mass is 10.0. The van der Waals surface area contributed by atoms with Gasteiger partial charge in [-0.25, -0.2) is 0 Å². The second-order valence-electron chi connectivity index (χ2n) is 2.77. The van der Waals surface area contributed by atoms with Crippen LogP contribution in [0.3, 0.4) is 0 Å². The standard InChI is InChI=1S/C8H8Cl2N2/c9-5-1-2-6-7(3-5)12-8(10)4-11-6/h1-4,6-7,11-12H. The predicted octanol–water partition coefficient (Wildman–Crippen LogP) is 1.65. The van der Waals surface area contributed by atoms with Crippen LogP contribution in [0.25, 0.3) is 0 Å². The number of hydrogen-bond acceptors (Lipinski definition) is 2. The molecule has 0 amide bonds. The van der Waals surface area contributed by atoms with Crippen LogP contribution in [0.5, 0.6) is 0 Å². The third-order valence-electron chi connectivity index (χ3n) is 1.90. The molecule has 0 spiro atoms. The van der Waals surface area contributed by atoms with Gasteiger partial charge in [0.2, 0.25) is 0 Å². The number of rotatable bonds is 0. The summed E-state index contributed by atoms with van der Waals surface area (Å²) >= 11 is 11.6. The Labute approximate surface area is 80.9 Å². The van der Waals surface area contributed by atoms with Crippen LogP contribution in [0.2, 0.25) is 0 Å². The summed E-state index contributed by atoms with van der Waals surface area (Å²) in [5.41, 5.74) is 0. The van der Waals surface area contributed by atoms with E-state index in [1.165, 1.54) is 0 Å². The molecule has 0 saturated carbocycles. The van der Waals surface area contributed by atoms with Crippen LogP contribution in [0.4, 0.5) is 0 Å². The molecule has 0 aromatic rings. The average molecular weight is 203 g/mol. The summed E-state index contributed by atoms with van der Waals surface area (Å²) < 4.78 is 0. The third-order valence-corrected chi connectivity index (χ3v) is 2.37. The molecule has 0 aromatic carbocycles. The highest BCUT2D eigenvalue weighted by atomic mass is 35.5. The van der Waals surface area contributed by atoms with Crippen molar-refractivity contribution in [2.24, 2.45) is 0 Å². The third kappa shape index (κ3) is 1.45. The van der Waals surface area contributed by atoms with Crippen molar-refractivity contribution in [3.05, 3.63) is 34.6 Å². The van der Waals surface area contributed by atoms with E-state index in [2.05, 4.69) is 10.6 Å². The molecule has 64 valence electrons. The summed E-state index contributed by atoms with van der Waals surface area (Å²) in [6.07, 6.45) is 7.58. The first-order chi connectivity index (χ1) is 5.75. The largest absolute Gasteiger partial charge is 0.380 e. The zero-order valence-corrected chi connectivity index (χ0v) is 7.73. The van der Waals surface area contributed by atoms with Crippen molar-refractivity contribution in [1.82, 2.24) is 10.6 Å². The Kier molecular flexibility index (Phi) is 2.03. The van der Waals surface area contributed by atoms with Gasteiger partial charge >= 0.3 is 0 Å². The molecule has 1 aliphatic heterocycles. The molecular weight excluding hydrogens is 195 g/mol. The van der Waals surface area contributed by atoms with Crippen molar-refractivity contribution in [2.75, 3.05) is 0 Å². The molecule has 12 heavy (non-hydrogen) atoms. The van der Waals surface area contributed by atoms with Gasteiger partial charge in [-0.3, -0.25) is 0 Å². The summed E-state index contributed by atoms with van der Waals surface area (Å²) in [6, 6.07) is 0.426. The minimum Gasteiger partial charge on any atom is -0.380 e. The quantitative estimate of drug-likeness (QED) is 0.585. The summed E-state index contributed by atoms with van der Waals surface area (Å²) in [5, 5.41) is 7.61. The molecule has 2 unspecified atom stereocenters. The highest BCUT2D eigenvalue weighted by Gasteiger charge is 2.22. The maximum absolute atomic E-state index is 5.83. The fraction of sp³-hybridized carbons (Fsp3) is 0.250. The predicted molar refractivity (Wildman–Crippen MR) is 50.9 cm³/mol. The number of fused-ring (bicyclic) bond motifs is 1. The average Bonchev–Trinajstić information content (AvgIpc) is 2.03. The van der Waals surface area contributed by atoms with E-state index in [-0.39, 0.29) is 12.1 Å². The molecule has 0 aromatic heterocycles. The van der Waals surface area contributed by atoms with Gasteiger partial charge in [0.25, 0.3) is 0 Å². The summed E-state index contributed by atoms with van der Waals surface area (Å²) in [7, 11) is 0. The van der Waals surface area contributed by atoms with Crippen molar-refractivity contribution in [3.63, 3.8) is 0 Å². The molecule has 0 fully saturated rings. The van der Waals surface area contributed by atoms with E-state index >= 15 is 0 Å². The second kappa shape index (κ2) is 3.04. The molecule has 2 rings (SSSR count). The zero-order chi connectivity index (χ0) is 8.55. The molecule has 0 saturated heterocycles. The van der Waals surface area contributed by atoms with Crippen LogP contribution in [-0.2, 0) is 0 Å². The number of hydrogen-bond donors (Lipinski definition) is 2. The fourth-order valence-electron chi connectivity index (χ4n) is 1.31. The van der Waals surface area contributed by atoms with Crippen molar-refractivity contribution in [1.29, 1.82) is 0 Å². The number of allylic oxidation sites excluding steroid dienone is 2. The Morgan fingerprint density at radius 1 is 1.25 bits per heavy atom. The first-order valence-corrected chi connectivity index (χ1v) is 4.45. The van der Waals surface area contributed by atoms with Gasteiger partial charge in [0.15, 0.2) is 0 Å². The highest BCUT2D eigenvalue weighted by molar-refractivity contribution is 6.31. The molecule has 2 nitrogen and oxygen atoms in total. The lowest BCUT2D eigenvalue weighted by molar-refractivity contribution is 0.525. The van der Waals surface area contributed by atoms with E-state index in [0.717, 1.165) is 5.03 Å². The minimum absolute atomic E-state index is 0.167. The number of nitrogens with one attached hydrogen (secondary N) is 2. The lowest BCUT2D eigenvalue weighted by Gasteiger charge is -2.30. The summed E-state index contributed by atoms with van der Waals surface area (Å²) in [5.74, 6) is 0. The van der Waals surface area contributed by atoms with Crippen molar-refractivity contribution in [2.45, 2.75) is 12.1 Å². The Hall–Kier alpha value is -0.600. The van der Waals surface area contributed by atoms with E-state index in [4.69, 9.17) is 23.2 Å². The molecule has 0 bridgehead atoms. The molecule has 1 heterocycles. The van der Waals surface area contributed by atoms with Crippen molar-refractivity contribution >= 4 is 23.2 Å². The monoisotopic (exact) mass is 202 g/mol. The normalized spacial score (nSPS) is 32.5. The Bertz CT molecular complexity index is 281. The van der Waals surface area contributed by atoms with Crippen LogP contribution in [0.1, 0.15) is 0 Å². The molecule has 2 N–H and O–H groups in total. The Morgan fingerprint density at radius 3 is 2.92 bits per heavy atom. The Morgan fingerprint density at radius 2 is 2.08 bits per heavy atom. The van der Waals surface area contributed by atoms with Crippen LogP contribution in [0.15, 0.2) is 34.6 Å². The van der Waals surface area contributed by atoms with E-state index in [1.807, 2.05) is 18.2 Å². The van der Waals surface area contributed by atoms with Gasteiger partial charge < -0.3 is 10.6 Å². The molecule has 2 aliphatic rings. The van der Waals surface area contributed by atoms with Crippen LogP contribution >= 0.6 is 23.2 Å². The van der Waals surface area contributed by atoms with E-state index < -0.39 is 0 Å². The molecule has 2 atom stereocenters. The highest BCUT2D eigenvalue weighted by Crippen LogP contribution is 2.18. The van der Waals surface area contributed by atoms with Crippen LogP contribution in [-0.4, -0.2) is 12.1 Å². The summed E-state index contributed by atoms with van der Waals surface area (Å²) in [6.45, 7) is 0. The molecule has 0 radical (unpaired) electrons. The molecule has 1 aliphatic carbocycles. The van der Waals surface area contributed by atoms with Crippen LogP contribution in [0, 0.1) is 0 Å². The van der Waals surface area contributed by atoms with E-state index in [0.29, 0.717) is 5.16 Å². The maximum atomic E-state index is 5.83. The van der Waals surface area contributed by atoms with Crippen molar-refractivity contribution in [3.8, 4) is 0 Å². The second-order valence-corrected chi connectivity index (χ2v) is 3.61. The van der Waals surface area contributed by atoms with Gasteiger partial charge in [-0.05, 0) is 12.2 Å². The first kappa shape index (κ1) is 8.02. The lowest BCUT2D eigenvalue weighted by Crippen LogP contribution is -2.48. The smallest absolute Gasteiger partial charge is 0.118 e. The Balaban J connectivity index is 2.21. The van der Waals surface area contributed by atoms with Crippen LogP contribution < -0.4 is 10.6 Å². The van der Waals surface area contributed by atoms with Gasteiger partial charge in [-0.2, -0.15) is 0 Å². The van der Waals surface area contributed by atoms with Gasteiger partial charge in [0, 0.05) is 11.2 Å². The first-order valence-electron chi connectivity index (χ1n) is 3.69. The zero-order valence-electron chi connectivity index (χ0n) is 6.22.